The van der Waals surface area contributed by atoms with Crippen molar-refractivity contribution in [2.75, 3.05) is 19.8 Å². The predicted molar refractivity (Wildman–Crippen MR) is 78.2 cm³/mol. The van der Waals surface area contributed by atoms with Gasteiger partial charge in [0.2, 0.25) is 0 Å². The summed E-state index contributed by atoms with van der Waals surface area (Å²) in [6.45, 7) is 1.88. The van der Waals surface area contributed by atoms with Crippen molar-refractivity contribution in [1.29, 1.82) is 0 Å². The van der Waals surface area contributed by atoms with Crippen molar-refractivity contribution in [2.45, 2.75) is 18.9 Å². The molecular formula is C15H16N2O3S. The topological polar surface area (TPSA) is 55.6 Å². The summed E-state index contributed by atoms with van der Waals surface area (Å²) in [5.74, 6) is 1.13. The van der Waals surface area contributed by atoms with Crippen LogP contribution in [0.25, 0.3) is 10.6 Å². The number of morpholine rings is 1. The maximum absolute atomic E-state index is 12.9. The summed E-state index contributed by atoms with van der Waals surface area (Å²) in [5.41, 5.74) is 0.421. The van der Waals surface area contributed by atoms with Crippen LogP contribution in [0.4, 0.5) is 0 Å². The lowest BCUT2D eigenvalue weighted by Gasteiger charge is -2.35. The van der Waals surface area contributed by atoms with Gasteiger partial charge in [-0.2, -0.15) is 0 Å². The van der Waals surface area contributed by atoms with E-state index in [0.717, 1.165) is 4.88 Å². The fraction of sp³-hybridized carbons (Fsp3) is 0.467. The van der Waals surface area contributed by atoms with E-state index in [4.69, 9.17) is 9.15 Å². The van der Waals surface area contributed by atoms with Gasteiger partial charge < -0.3 is 14.1 Å². The monoisotopic (exact) mass is 304 g/mol. The van der Waals surface area contributed by atoms with Gasteiger partial charge in [-0.25, -0.2) is 4.98 Å². The lowest BCUT2D eigenvalue weighted by molar-refractivity contribution is -0.00858. The molecule has 2 aromatic heterocycles. The standard InChI is InChI=1S/C15H16N2O3S/c18-15(17-5-6-19-8-11(17)10-3-4-10)13-14(20-9-16-13)12-2-1-7-21-12/h1-2,7,9-11H,3-6,8H2/t11-/m0/s1. The van der Waals surface area contributed by atoms with Gasteiger partial charge in [0.25, 0.3) is 5.91 Å². The minimum absolute atomic E-state index is 0.0349. The molecule has 110 valence electrons. The van der Waals surface area contributed by atoms with E-state index in [9.17, 15) is 4.79 Å². The maximum atomic E-state index is 12.9. The minimum Gasteiger partial charge on any atom is -0.442 e. The van der Waals surface area contributed by atoms with E-state index < -0.39 is 0 Å². The van der Waals surface area contributed by atoms with Crippen LogP contribution in [0.5, 0.6) is 0 Å². The molecule has 6 heteroatoms. The third-order valence-electron chi connectivity index (χ3n) is 4.11. The second-order valence-corrected chi connectivity index (χ2v) is 6.43. The van der Waals surface area contributed by atoms with Gasteiger partial charge in [-0.3, -0.25) is 4.79 Å². The average molecular weight is 304 g/mol. The fourth-order valence-electron chi connectivity index (χ4n) is 2.86. The number of hydrogen-bond acceptors (Lipinski definition) is 5. The van der Waals surface area contributed by atoms with Crippen LogP contribution in [0.15, 0.2) is 28.3 Å². The molecule has 0 unspecified atom stereocenters. The first-order chi connectivity index (χ1) is 10.3. The molecule has 1 saturated heterocycles. The van der Waals surface area contributed by atoms with Gasteiger partial charge in [-0.15, -0.1) is 11.3 Å². The normalized spacial score (nSPS) is 22.5. The Kier molecular flexibility index (Phi) is 3.27. The summed E-state index contributed by atoms with van der Waals surface area (Å²) in [4.78, 5) is 19.9. The van der Waals surface area contributed by atoms with Crippen molar-refractivity contribution >= 4 is 17.2 Å². The Morgan fingerprint density at radius 1 is 1.43 bits per heavy atom. The highest BCUT2D eigenvalue weighted by Crippen LogP contribution is 2.37. The van der Waals surface area contributed by atoms with Crippen LogP contribution in [0.1, 0.15) is 23.3 Å². The lowest BCUT2D eigenvalue weighted by Crippen LogP contribution is -2.50. The summed E-state index contributed by atoms with van der Waals surface area (Å²) in [6, 6.07) is 4.08. The van der Waals surface area contributed by atoms with Gasteiger partial charge in [0.15, 0.2) is 17.8 Å². The highest BCUT2D eigenvalue weighted by Gasteiger charge is 2.40. The number of amides is 1. The molecule has 2 aromatic rings. The number of nitrogens with zero attached hydrogens (tertiary/aromatic N) is 2. The van der Waals surface area contributed by atoms with E-state index in [2.05, 4.69) is 4.98 Å². The van der Waals surface area contributed by atoms with E-state index in [0.29, 0.717) is 37.1 Å². The molecule has 21 heavy (non-hydrogen) atoms. The van der Waals surface area contributed by atoms with Gasteiger partial charge >= 0.3 is 0 Å². The number of thiophene rings is 1. The summed E-state index contributed by atoms with van der Waals surface area (Å²) in [5, 5.41) is 1.97. The molecule has 0 radical (unpaired) electrons. The molecule has 4 rings (SSSR count). The molecule has 2 aliphatic rings. The largest absolute Gasteiger partial charge is 0.442 e. The molecule has 5 nitrogen and oxygen atoms in total. The Morgan fingerprint density at radius 3 is 3.10 bits per heavy atom. The smallest absolute Gasteiger partial charge is 0.276 e. The number of carbonyl (C=O) groups is 1. The molecule has 2 fully saturated rings. The second kappa shape index (κ2) is 5.27. The maximum Gasteiger partial charge on any atom is 0.276 e. The van der Waals surface area contributed by atoms with Crippen LogP contribution in [0, 0.1) is 5.92 Å². The van der Waals surface area contributed by atoms with Crippen molar-refractivity contribution in [3.63, 3.8) is 0 Å². The van der Waals surface area contributed by atoms with Gasteiger partial charge in [0.05, 0.1) is 24.1 Å². The zero-order chi connectivity index (χ0) is 14.2. The van der Waals surface area contributed by atoms with Crippen LogP contribution in [0.3, 0.4) is 0 Å². The third kappa shape index (κ3) is 2.38. The molecule has 1 amide bonds. The highest BCUT2D eigenvalue weighted by molar-refractivity contribution is 7.13. The number of aromatic nitrogens is 1. The number of carbonyl (C=O) groups excluding carboxylic acids is 1. The Morgan fingerprint density at radius 2 is 2.33 bits per heavy atom. The summed E-state index contributed by atoms with van der Waals surface area (Å²) < 4.78 is 11.0. The molecule has 1 atom stereocenters. The van der Waals surface area contributed by atoms with Crippen molar-refractivity contribution in [1.82, 2.24) is 9.88 Å². The molecular weight excluding hydrogens is 288 g/mol. The van der Waals surface area contributed by atoms with Gasteiger partial charge in [0.1, 0.15) is 0 Å². The zero-order valence-corrected chi connectivity index (χ0v) is 12.3. The average Bonchev–Trinajstić information content (AvgIpc) is 3.02. The van der Waals surface area contributed by atoms with Crippen LogP contribution >= 0.6 is 11.3 Å². The molecule has 0 spiro atoms. The quantitative estimate of drug-likeness (QED) is 0.875. The van der Waals surface area contributed by atoms with E-state index in [-0.39, 0.29) is 11.9 Å². The van der Waals surface area contributed by atoms with E-state index in [1.165, 1.54) is 19.2 Å². The molecule has 0 bridgehead atoms. The van der Waals surface area contributed by atoms with Crippen LogP contribution < -0.4 is 0 Å². The first-order valence-electron chi connectivity index (χ1n) is 7.20. The number of hydrogen-bond donors (Lipinski definition) is 0. The van der Waals surface area contributed by atoms with E-state index in [1.54, 1.807) is 11.3 Å². The van der Waals surface area contributed by atoms with Crippen molar-refractivity contribution in [3.05, 3.63) is 29.6 Å². The highest BCUT2D eigenvalue weighted by atomic mass is 32.1. The Labute approximate surface area is 126 Å². The lowest BCUT2D eigenvalue weighted by atomic mass is 10.1. The first kappa shape index (κ1) is 13.0. The molecule has 3 heterocycles. The van der Waals surface area contributed by atoms with Crippen LogP contribution in [-0.4, -0.2) is 41.6 Å². The molecule has 1 aliphatic heterocycles. The van der Waals surface area contributed by atoms with Gasteiger partial charge in [0, 0.05) is 6.54 Å². The summed E-state index contributed by atoms with van der Waals surface area (Å²) in [7, 11) is 0. The van der Waals surface area contributed by atoms with Crippen molar-refractivity contribution < 1.29 is 13.9 Å². The Bertz CT molecular complexity index is 633. The SMILES string of the molecule is O=C(c1ncoc1-c1cccs1)N1CCOC[C@H]1C1CC1. The van der Waals surface area contributed by atoms with Crippen molar-refractivity contribution in [3.8, 4) is 10.6 Å². The first-order valence-corrected chi connectivity index (χ1v) is 8.08. The molecule has 0 aromatic carbocycles. The number of oxazole rings is 1. The molecule has 0 N–H and O–H groups in total. The van der Waals surface area contributed by atoms with Crippen LogP contribution in [0.2, 0.25) is 0 Å². The van der Waals surface area contributed by atoms with Crippen molar-refractivity contribution in [2.24, 2.45) is 5.92 Å². The van der Waals surface area contributed by atoms with E-state index in [1.807, 2.05) is 22.4 Å². The number of ether oxygens (including phenoxy) is 1. The van der Waals surface area contributed by atoms with Gasteiger partial charge in [-0.1, -0.05) is 6.07 Å². The Hall–Kier alpha value is -1.66. The zero-order valence-electron chi connectivity index (χ0n) is 11.5. The van der Waals surface area contributed by atoms with Crippen LogP contribution in [-0.2, 0) is 4.74 Å². The summed E-state index contributed by atoms with van der Waals surface area (Å²) in [6.07, 6.45) is 3.73. The summed E-state index contributed by atoms with van der Waals surface area (Å²) >= 11 is 1.55. The second-order valence-electron chi connectivity index (χ2n) is 5.49. The van der Waals surface area contributed by atoms with Gasteiger partial charge in [-0.05, 0) is 30.2 Å². The molecule has 1 aliphatic carbocycles. The number of rotatable bonds is 3. The Balaban J connectivity index is 1.63. The minimum atomic E-state index is -0.0349. The van der Waals surface area contributed by atoms with E-state index >= 15 is 0 Å². The third-order valence-corrected chi connectivity index (χ3v) is 4.98. The predicted octanol–water partition coefficient (Wildman–Crippen LogP) is 2.65. The fourth-order valence-corrected chi connectivity index (χ4v) is 3.58. The molecule has 1 saturated carbocycles.